The van der Waals surface area contributed by atoms with Gasteiger partial charge in [-0.1, -0.05) is 89.2 Å². The molecule has 0 spiro atoms. The average Bonchev–Trinajstić information content (AvgIpc) is 3.37. The quantitative estimate of drug-likeness (QED) is 0.0158. The number of rotatable bonds is 18. The molecule has 0 aliphatic heterocycles. The molecule has 0 radical (unpaired) electrons. The Morgan fingerprint density at radius 1 is 0.429 bits per heavy atom. The van der Waals surface area contributed by atoms with Crippen LogP contribution in [-0.2, 0) is 18.9 Å². The van der Waals surface area contributed by atoms with E-state index >= 15 is 0 Å². The van der Waals surface area contributed by atoms with Gasteiger partial charge in [0.05, 0.1) is 59.8 Å². The minimum atomic E-state index is -0.722. The van der Waals surface area contributed by atoms with Crippen LogP contribution in [0.15, 0.2) is 72.8 Å². The van der Waals surface area contributed by atoms with Crippen molar-refractivity contribution in [1.29, 1.82) is 0 Å². The highest BCUT2D eigenvalue weighted by Crippen LogP contribution is 2.47. The Hall–Kier alpha value is -8.22. The number of aldehydes is 2. The molecular weight excluding hydrogens is 889 g/mol. The molecule has 0 amide bonds. The summed E-state index contributed by atoms with van der Waals surface area (Å²) in [6.45, 7) is 8.29. The molecule has 12 nitrogen and oxygen atoms in total. The van der Waals surface area contributed by atoms with Gasteiger partial charge in [0, 0.05) is 54.6 Å². The number of benzene rings is 7. The molecule has 12 heteroatoms. The van der Waals surface area contributed by atoms with Gasteiger partial charge >= 0.3 is 23.9 Å². The number of phenolic OH excluding ortho intramolecular Hbond substituents is 2. The molecule has 0 unspecified atom stereocenters. The normalized spacial score (nSPS) is 10.9. The summed E-state index contributed by atoms with van der Waals surface area (Å²) in [5.74, 6) is 9.37. The predicted octanol–water partition coefficient (Wildman–Crippen LogP) is 11.4. The monoisotopic (exact) mass is 940 g/mol. The van der Waals surface area contributed by atoms with Gasteiger partial charge < -0.3 is 29.2 Å². The fraction of sp³-hybridized carbons (Fsp3) is 0.276. The molecular formula is C58H52O12. The second-order valence-electron chi connectivity index (χ2n) is 16.8. The maximum atomic E-state index is 14.5. The lowest BCUT2D eigenvalue weighted by molar-refractivity contribution is 0.0485. The maximum Gasteiger partial charge on any atom is 0.338 e. The Morgan fingerprint density at radius 3 is 1.10 bits per heavy atom. The standard InChI is InChI=1S/C58H52O12/c1-5-9-25-67-55(63)43-21-19-41-50-38(18-14-36-16-24-48(62)40(30-36)34-60)32-46(58(66)70-28-12-8-4)52-44(56(64)68-26-10-6-2)22-20-42(54(50)52)49-37(17-13-35-15-23-47(61)39(29-35)33-59)31-45(51(43)53(41)49)57(65)69-27-11-7-3/h15-16,19-24,29-34,61-62H,5-12,25-28H2,1-4H3. The fourth-order valence-corrected chi connectivity index (χ4v) is 8.25. The minimum absolute atomic E-state index is 0.0130. The van der Waals surface area contributed by atoms with Crippen molar-refractivity contribution in [3.8, 4) is 35.2 Å². The third-order valence-corrected chi connectivity index (χ3v) is 11.9. The zero-order valence-electron chi connectivity index (χ0n) is 39.5. The van der Waals surface area contributed by atoms with Crippen LogP contribution in [0.4, 0.5) is 0 Å². The third kappa shape index (κ3) is 10.3. The smallest absolute Gasteiger partial charge is 0.338 e. The maximum absolute atomic E-state index is 14.5. The first-order chi connectivity index (χ1) is 34.0. The Balaban J connectivity index is 1.73. The van der Waals surface area contributed by atoms with Crippen molar-refractivity contribution < 1.29 is 57.9 Å². The molecule has 0 atom stereocenters. The number of unbranched alkanes of at least 4 members (excludes halogenated alkanes) is 4. The van der Waals surface area contributed by atoms with E-state index < -0.39 is 23.9 Å². The lowest BCUT2D eigenvalue weighted by atomic mass is 9.81. The number of esters is 4. The molecule has 0 aromatic heterocycles. The van der Waals surface area contributed by atoms with Crippen molar-refractivity contribution in [3.63, 3.8) is 0 Å². The molecule has 0 saturated carbocycles. The van der Waals surface area contributed by atoms with Crippen LogP contribution in [0.3, 0.4) is 0 Å². The molecule has 2 N–H and O–H groups in total. The largest absolute Gasteiger partial charge is 0.507 e. The van der Waals surface area contributed by atoms with Crippen LogP contribution in [0.2, 0.25) is 0 Å². The summed E-state index contributed by atoms with van der Waals surface area (Å²) in [7, 11) is 0. The van der Waals surface area contributed by atoms with Crippen LogP contribution in [0.1, 0.15) is 163 Å². The van der Waals surface area contributed by atoms with Crippen LogP contribution in [0.25, 0.3) is 43.1 Å². The molecule has 0 bridgehead atoms. The molecule has 0 fully saturated rings. The first-order valence-electron chi connectivity index (χ1n) is 23.6. The lowest BCUT2D eigenvalue weighted by Gasteiger charge is -2.22. The number of hydrogen-bond donors (Lipinski definition) is 2. The number of carbonyl (C=O) groups excluding carboxylic acids is 6. The topological polar surface area (TPSA) is 180 Å². The number of ether oxygens (including phenoxy) is 4. The summed E-state index contributed by atoms with van der Waals surface area (Å²) in [6.07, 6.45) is 6.37. The summed E-state index contributed by atoms with van der Waals surface area (Å²) in [4.78, 5) is 81.2. The molecule has 0 aliphatic carbocycles. The van der Waals surface area contributed by atoms with E-state index in [-0.39, 0.29) is 93.2 Å². The van der Waals surface area contributed by atoms with Crippen LogP contribution in [0.5, 0.6) is 11.5 Å². The van der Waals surface area contributed by atoms with Gasteiger partial charge in [0.1, 0.15) is 11.5 Å². The van der Waals surface area contributed by atoms with Gasteiger partial charge in [0.25, 0.3) is 0 Å². The van der Waals surface area contributed by atoms with Crippen LogP contribution >= 0.6 is 0 Å². The fourth-order valence-electron chi connectivity index (χ4n) is 8.25. The summed E-state index contributed by atoms with van der Waals surface area (Å²) in [5, 5.41) is 23.6. The average molecular weight is 941 g/mol. The molecule has 70 heavy (non-hydrogen) atoms. The molecule has 356 valence electrons. The Kier molecular flexibility index (Phi) is 16.1. The third-order valence-electron chi connectivity index (χ3n) is 11.9. The van der Waals surface area contributed by atoms with Gasteiger partial charge in [0.2, 0.25) is 0 Å². The van der Waals surface area contributed by atoms with E-state index in [1.807, 2.05) is 27.7 Å². The second kappa shape index (κ2) is 22.7. The van der Waals surface area contributed by atoms with Gasteiger partial charge in [-0.05, 0) is 97.1 Å². The van der Waals surface area contributed by atoms with Crippen molar-refractivity contribution in [2.45, 2.75) is 79.1 Å². The van der Waals surface area contributed by atoms with Gasteiger partial charge in [-0.2, -0.15) is 0 Å². The first-order valence-corrected chi connectivity index (χ1v) is 23.6. The number of carbonyl (C=O) groups is 6. The molecule has 7 aromatic rings. The van der Waals surface area contributed by atoms with Crippen LogP contribution < -0.4 is 0 Å². The highest BCUT2D eigenvalue weighted by atomic mass is 16.5. The number of fused-ring (bicyclic) bond motifs is 2. The van der Waals surface area contributed by atoms with E-state index in [0.717, 1.165) is 25.7 Å². The van der Waals surface area contributed by atoms with Crippen LogP contribution in [-0.4, -0.2) is 73.1 Å². The van der Waals surface area contributed by atoms with Crippen molar-refractivity contribution in [2.75, 3.05) is 26.4 Å². The minimum Gasteiger partial charge on any atom is -0.507 e. The zero-order chi connectivity index (χ0) is 49.9. The SMILES string of the molecule is CCCCOC(=O)c1ccc2c3c(C#Cc4ccc(O)c(C=O)c4)cc(C(=O)OCCCC)c4c(C(=O)OCCCC)ccc(c5c(C#Cc6ccc(O)c(C=O)c6)cc(C(=O)OCCCC)c1c25)c43. The van der Waals surface area contributed by atoms with E-state index in [0.29, 0.717) is 81.7 Å². The Bertz CT molecular complexity index is 3100. The van der Waals surface area contributed by atoms with Crippen molar-refractivity contribution in [1.82, 2.24) is 0 Å². The highest BCUT2D eigenvalue weighted by Gasteiger charge is 2.30. The molecule has 0 aliphatic rings. The van der Waals surface area contributed by atoms with Crippen molar-refractivity contribution in [2.24, 2.45) is 0 Å². The van der Waals surface area contributed by atoms with E-state index in [9.17, 15) is 39.0 Å². The van der Waals surface area contributed by atoms with E-state index in [1.54, 1.807) is 36.4 Å². The molecule has 7 rings (SSSR count). The second-order valence-corrected chi connectivity index (χ2v) is 16.8. The lowest BCUT2D eigenvalue weighted by Crippen LogP contribution is -2.14. The molecule has 0 heterocycles. The van der Waals surface area contributed by atoms with Crippen molar-refractivity contribution >= 4 is 79.5 Å². The van der Waals surface area contributed by atoms with E-state index in [1.165, 1.54) is 36.4 Å². The first kappa shape index (κ1) is 49.7. The zero-order valence-corrected chi connectivity index (χ0v) is 39.5. The summed E-state index contributed by atoms with van der Waals surface area (Å²) >= 11 is 0. The Labute approximate surface area is 405 Å². The van der Waals surface area contributed by atoms with Gasteiger partial charge in [0.15, 0.2) is 12.6 Å². The predicted molar refractivity (Wildman–Crippen MR) is 267 cm³/mol. The van der Waals surface area contributed by atoms with Gasteiger partial charge in [-0.25, -0.2) is 19.2 Å². The number of hydrogen-bond acceptors (Lipinski definition) is 12. The summed E-state index contributed by atoms with van der Waals surface area (Å²) in [5.41, 5.74) is 1.52. The molecule has 0 saturated heterocycles. The number of phenols is 2. The van der Waals surface area contributed by atoms with Crippen LogP contribution in [0, 0.1) is 23.7 Å². The number of aromatic hydroxyl groups is 2. The van der Waals surface area contributed by atoms with E-state index in [2.05, 4.69) is 23.7 Å². The Morgan fingerprint density at radius 2 is 0.771 bits per heavy atom. The van der Waals surface area contributed by atoms with E-state index in [4.69, 9.17) is 18.9 Å². The van der Waals surface area contributed by atoms with Gasteiger partial charge in [-0.3, -0.25) is 9.59 Å². The highest BCUT2D eigenvalue weighted by molar-refractivity contribution is 6.40. The van der Waals surface area contributed by atoms with Crippen molar-refractivity contribution in [3.05, 3.63) is 128 Å². The van der Waals surface area contributed by atoms with Gasteiger partial charge in [-0.15, -0.1) is 0 Å². The summed E-state index contributed by atoms with van der Waals surface area (Å²) in [6, 6.07) is 18.3. The summed E-state index contributed by atoms with van der Waals surface area (Å²) < 4.78 is 23.3. The molecule has 7 aromatic carbocycles.